The highest BCUT2D eigenvalue weighted by Crippen LogP contribution is 2.18. The molecule has 0 amide bonds. The fraction of sp³-hybridized carbons (Fsp3) is 0.188. The Hall–Kier alpha value is -1.61. The van der Waals surface area contributed by atoms with Crippen molar-refractivity contribution in [2.24, 2.45) is 0 Å². The van der Waals surface area contributed by atoms with Gasteiger partial charge in [0.15, 0.2) is 12.4 Å². The van der Waals surface area contributed by atoms with Crippen LogP contribution in [0.2, 0.25) is 0 Å². The van der Waals surface area contributed by atoms with Crippen molar-refractivity contribution in [1.29, 1.82) is 0 Å². The van der Waals surface area contributed by atoms with Crippen LogP contribution in [0, 0.1) is 13.8 Å². The number of carbonyl (C=O) groups is 1. The van der Waals surface area contributed by atoms with Gasteiger partial charge in [-0.1, -0.05) is 45.8 Å². The van der Waals surface area contributed by atoms with E-state index in [-0.39, 0.29) is 12.4 Å². The van der Waals surface area contributed by atoms with Crippen LogP contribution in [0.3, 0.4) is 0 Å². The molecule has 2 aromatic carbocycles. The summed E-state index contributed by atoms with van der Waals surface area (Å²) in [5, 5.41) is 0. The molecule has 0 spiro atoms. The van der Waals surface area contributed by atoms with E-state index >= 15 is 0 Å². The summed E-state index contributed by atoms with van der Waals surface area (Å²) >= 11 is 3.37. The molecule has 0 saturated heterocycles. The number of aryl methyl sites for hydroxylation is 2. The fourth-order valence-electron chi connectivity index (χ4n) is 1.91. The number of Topliss-reactive ketones (excluding diaryl/α,β-unsaturated/α-hetero) is 1. The average molecular weight is 319 g/mol. The number of ether oxygens (including phenoxy) is 1. The summed E-state index contributed by atoms with van der Waals surface area (Å²) in [5.74, 6) is 0.685. The zero-order valence-electron chi connectivity index (χ0n) is 10.9. The first-order chi connectivity index (χ1) is 9.06. The van der Waals surface area contributed by atoms with Gasteiger partial charge in [0.25, 0.3) is 0 Å². The Morgan fingerprint density at radius 2 is 1.95 bits per heavy atom. The van der Waals surface area contributed by atoms with Gasteiger partial charge in [0.05, 0.1) is 0 Å². The second-order valence-electron chi connectivity index (χ2n) is 4.49. The molecule has 3 heteroatoms. The molecule has 0 heterocycles. The van der Waals surface area contributed by atoms with Crippen molar-refractivity contribution in [3.8, 4) is 5.75 Å². The predicted molar refractivity (Wildman–Crippen MR) is 79.9 cm³/mol. The molecule has 0 bridgehead atoms. The van der Waals surface area contributed by atoms with Gasteiger partial charge in [-0.3, -0.25) is 4.79 Å². The summed E-state index contributed by atoms with van der Waals surface area (Å²) in [4.78, 5) is 12.1. The summed E-state index contributed by atoms with van der Waals surface area (Å²) in [7, 11) is 0. The molecule has 0 unspecified atom stereocenters. The van der Waals surface area contributed by atoms with Crippen LogP contribution in [0.25, 0.3) is 0 Å². The molecule has 2 nitrogen and oxygen atoms in total. The third kappa shape index (κ3) is 3.67. The summed E-state index contributed by atoms with van der Waals surface area (Å²) in [6.45, 7) is 4.01. The van der Waals surface area contributed by atoms with Crippen molar-refractivity contribution in [1.82, 2.24) is 0 Å². The number of rotatable bonds is 4. The standard InChI is InChI=1S/C16H15BrO2/c1-11-6-7-15(12(2)8-11)16(18)10-19-14-5-3-4-13(17)9-14/h3-9H,10H2,1-2H3. The summed E-state index contributed by atoms with van der Waals surface area (Å²) in [5.41, 5.74) is 2.87. The highest BCUT2D eigenvalue weighted by molar-refractivity contribution is 9.10. The zero-order valence-corrected chi connectivity index (χ0v) is 12.5. The largest absolute Gasteiger partial charge is 0.485 e. The Morgan fingerprint density at radius 1 is 1.16 bits per heavy atom. The van der Waals surface area contributed by atoms with Crippen molar-refractivity contribution >= 4 is 21.7 Å². The van der Waals surface area contributed by atoms with Crippen LogP contribution >= 0.6 is 15.9 Å². The molecule has 0 aliphatic heterocycles. The molecular formula is C16H15BrO2. The van der Waals surface area contributed by atoms with Gasteiger partial charge in [0, 0.05) is 10.0 Å². The molecule has 2 rings (SSSR count). The highest BCUT2D eigenvalue weighted by atomic mass is 79.9. The lowest BCUT2D eigenvalue weighted by Gasteiger charge is -2.08. The SMILES string of the molecule is Cc1ccc(C(=O)COc2cccc(Br)c2)c(C)c1. The van der Waals surface area contributed by atoms with Crippen molar-refractivity contribution in [3.05, 3.63) is 63.6 Å². The van der Waals surface area contributed by atoms with E-state index in [1.54, 1.807) is 0 Å². The Morgan fingerprint density at radius 3 is 2.63 bits per heavy atom. The van der Waals surface area contributed by atoms with Crippen LogP contribution < -0.4 is 4.74 Å². The molecule has 0 aliphatic rings. The molecule has 0 N–H and O–H groups in total. The number of halogens is 1. The Balaban J connectivity index is 2.05. The minimum absolute atomic E-state index is 0.00234. The molecule has 0 atom stereocenters. The molecule has 0 aromatic heterocycles. The van der Waals surface area contributed by atoms with E-state index in [1.165, 1.54) is 0 Å². The first-order valence-corrected chi connectivity index (χ1v) is 6.84. The molecule has 0 aliphatic carbocycles. The maximum absolute atomic E-state index is 12.1. The minimum atomic E-state index is -0.00234. The maximum Gasteiger partial charge on any atom is 0.200 e. The van der Waals surface area contributed by atoms with Gasteiger partial charge in [-0.05, 0) is 37.6 Å². The van der Waals surface area contributed by atoms with Crippen LogP contribution in [0.15, 0.2) is 46.9 Å². The van der Waals surface area contributed by atoms with Crippen LogP contribution in [-0.2, 0) is 0 Å². The van der Waals surface area contributed by atoms with E-state index in [0.717, 1.165) is 21.2 Å². The maximum atomic E-state index is 12.1. The number of ketones is 1. The van der Waals surface area contributed by atoms with E-state index in [2.05, 4.69) is 15.9 Å². The van der Waals surface area contributed by atoms with Crippen molar-refractivity contribution in [2.45, 2.75) is 13.8 Å². The van der Waals surface area contributed by atoms with E-state index in [9.17, 15) is 4.79 Å². The lowest BCUT2D eigenvalue weighted by atomic mass is 10.0. The molecule has 2 aromatic rings. The Bertz CT molecular complexity index is 605. The topological polar surface area (TPSA) is 26.3 Å². The first kappa shape index (κ1) is 13.8. The van der Waals surface area contributed by atoms with E-state index in [0.29, 0.717) is 5.75 Å². The highest BCUT2D eigenvalue weighted by Gasteiger charge is 2.10. The van der Waals surface area contributed by atoms with Crippen LogP contribution in [-0.4, -0.2) is 12.4 Å². The Kier molecular flexibility index (Phi) is 4.38. The normalized spacial score (nSPS) is 10.3. The summed E-state index contributed by atoms with van der Waals surface area (Å²) < 4.78 is 6.44. The number of hydrogen-bond acceptors (Lipinski definition) is 2. The third-order valence-corrected chi connectivity index (χ3v) is 3.34. The molecule has 98 valence electrons. The van der Waals surface area contributed by atoms with Crippen molar-refractivity contribution < 1.29 is 9.53 Å². The van der Waals surface area contributed by atoms with Gasteiger partial charge in [-0.25, -0.2) is 0 Å². The third-order valence-electron chi connectivity index (χ3n) is 2.85. The molecule has 0 fully saturated rings. The second-order valence-corrected chi connectivity index (χ2v) is 5.40. The monoisotopic (exact) mass is 318 g/mol. The van der Waals surface area contributed by atoms with E-state index in [1.807, 2.05) is 56.3 Å². The van der Waals surface area contributed by atoms with Gasteiger partial charge >= 0.3 is 0 Å². The van der Waals surface area contributed by atoms with Crippen molar-refractivity contribution in [3.63, 3.8) is 0 Å². The number of benzene rings is 2. The van der Waals surface area contributed by atoms with Crippen LogP contribution in [0.1, 0.15) is 21.5 Å². The predicted octanol–water partition coefficient (Wildman–Crippen LogP) is 4.33. The van der Waals surface area contributed by atoms with Crippen LogP contribution in [0.4, 0.5) is 0 Å². The Labute approximate surface area is 121 Å². The van der Waals surface area contributed by atoms with Crippen molar-refractivity contribution in [2.75, 3.05) is 6.61 Å². The van der Waals surface area contributed by atoms with Gasteiger partial charge < -0.3 is 4.74 Å². The van der Waals surface area contributed by atoms with Gasteiger partial charge in [-0.15, -0.1) is 0 Å². The smallest absolute Gasteiger partial charge is 0.200 e. The van der Waals surface area contributed by atoms with E-state index < -0.39 is 0 Å². The zero-order chi connectivity index (χ0) is 13.8. The molecule has 0 radical (unpaired) electrons. The quantitative estimate of drug-likeness (QED) is 0.784. The summed E-state index contributed by atoms with van der Waals surface area (Å²) in [6, 6.07) is 13.3. The van der Waals surface area contributed by atoms with Gasteiger partial charge in [0.2, 0.25) is 0 Å². The van der Waals surface area contributed by atoms with Gasteiger partial charge in [-0.2, -0.15) is 0 Å². The molecule has 19 heavy (non-hydrogen) atoms. The lowest BCUT2D eigenvalue weighted by Crippen LogP contribution is -2.13. The van der Waals surface area contributed by atoms with Crippen LogP contribution in [0.5, 0.6) is 5.75 Å². The second kappa shape index (κ2) is 6.02. The minimum Gasteiger partial charge on any atom is -0.485 e. The fourth-order valence-corrected chi connectivity index (χ4v) is 2.29. The molecule has 0 saturated carbocycles. The number of hydrogen-bond donors (Lipinski definition) is 0. The molecular weight excluding hydrogens is 304 g/mol. The van der Waals surface area contributed by atoms with E-state index in [4.69, 9.17) is 4.74 Å². The first-order valence-electron chi connectivity index (χ1n) is 6.05. The number of carbonyl (C=O) groups excluding carboxylic acids is 1. The average Bonchev–Trinajstić information content (AvgIpc) is 2.36. The van der Waals surface area contributed by atoms with Gasteiger partial charge in [0.1, 0.15) is 5.75 Å². The lowest BCUT2D eigenvalue weighted by molar-refractivity contribution is 0.0921. The summed E-state index contributed by atoms with van der Waals surface area (Å²) in [6.07, 6.45) is 0.